The van der Waals surface area contributed by atoms with Gasteiger partial charge in [-0.2, -0.15) is 0 Å². The van der Waals surface area contributed by atoms with E-state index >= 15 is 0 Å². The van der Waals surface area contributed by atoms with Gasteiger partial charge in [-0.15, -0.1) is 0 Å². The molecule has 0 aliphatic heterocycles. The fraction of sp³-hybridized carbons (Fsp3) is 0.143. The van der Waals surface area contributed by atoms with Crippen molar-refractivity contribution in [3.8, 4) is 0 Å². The van der Waals surface area contributed by atoms with Gasteiger partial charge < -0.3 is 16.0 Å². The first-order valence-corrected chi connectivity index (χ1v) is 8.51. The maximum absolute atomic E-state index is 12.3. The average molecular weight is 347 g/mol. The van der Waals surface area contributed by atoms with Crippen LogP contribution in [0.2, 0.25) is 0 Å². The van der Waals surface area contributed by atoms with E-state index in [1.165, 1.54) is 12.3 Å². The number of benzene rings is 3. The third-order valence-corrected chi connectivity index (χ3v) is 3.96. The van der Waals surface area contributed by atoms with E-state index in [1.807, 2.05) is 24.3 Å². The van der Waals surface area contributed by atoms with Crippen LogP contribution in [0.15, 0.2) is 66.7 Å². The van der Waals surface area contributed by atoms with E-state index in [-0.39, 0.29) is 11.8 Å². The highest BCUT2D eigenvalue weighted by Gasteiger charge is 2.06. The highest BCUT2D eigenvalue weighted by molar-refractivity contribution is 5.97. The molecular weight excluding hydrogens is 326 g/mol. The van der Waals surface area contributed by atoms with Crippen LogP contribution in [0.3, 0.4) is 0 Å². The minimum absolute atomic E-state index is 0.165. The standard InChI is InChI=1S/C21H21N3O2/c1-15(25)24-18-9-4-8-17(14-18)21(26)23-13-12-22-20-11-5-7-16-6-2-3-10-19(16)20/h2-11,14,22H,12-13H2,1H3,(H,23,26)(H,24,25). The van der Waals surface area contributed by atoms with Crippen LogP contribution in [0.1, 0.15) is 17.3 Å². The summed E-state index contributed by atoms with van der Waals surface area (Å²) in [5, 5.41) is 11.3. The molecule has 0 saturated carbocycles. The second kappa shape index (κ2) is 8.16. The molecule has 0 fully saturated rings. The van der Waals surface area contributed by atoms with Gasteiger partial charge in [0, 0.05) is 42.3 Å². The maximum atomic E-state index is 12.3. The van der Waals surface area contributed by atoms with Crippen LogP contribution in [0, 0.1) is 0 Å². The van der Waals surface area contributed by atoms with Crippen molar-refractivity contribution >= 4 is 34.0 Å². The van der Waals surface area contributed by atoms with Gasteiger partial charge in [-0.3, -0.25) is 9.59 Å². The number of carbonyl (C=O) groups excluding carboxylic acids is 2. The SMILES string of the molecule is CC(=O)Nc1cccc(C(=O)NCCNc2cccc3ccccc23)c1. The molecular formula is C21H21N3O2. The van der Waals surface area contributed by atoms with E-state index in [4.69, 9.17) is 0 Å². The number of hydrogen-bond donors (Lipinski definition) is 3. The van der Waals surface area contributed by atoms with E-state index in [1.54, 1.807) is 24.3 Å². The molecule has 0 aromatic heterocycles. The number of anilines is 2. The highest BCUT2D eigenvalue weighted by atomic mass is 16.2. The summed E-state index contributed by atoms with van der Waals surface area (Å²) in [6.45, 7) is 2.54. The van der Waals surface area contributed by atoms with Gasteiger partial charge in [0.05, 0.1) is 0 Å². The van der Waals surface area contributed by atoms with Crippen LogP contribution < -0.4 is 16.0 Å². The largest absolute Gasteiger partial charge is 0.383 e. The summed E-state index contributed by atoms with van der Waals surface area (Å²) in [5.74, 6) is -0.334. The minimum Gasteiger partial charge on any atom is -0.383 e. The zero-order valence-electron chi connectivity index (χ0n) is 14.6. The van der Waals surface area contributed by atoms with Crippen molar-refractivity contribution in [3.05, 3.63) is 72.3 Å². The molecule has 0 bridgehead atoms. The monoisotopic (exact) mass is 347 g/mol. The fourth-order valence-electron chi connectivity index (χ4n) is 2.80. The van der Waals surface area contributed by atoms with Gasteiger partial charge in [-0.05, 0) is 29.7 Å². The van der Waals surface area contributed by atoms with Gasteiger partial charge in [0.15, 0.2) is 0 Å². The summed E-state index contributed by atoms with van der Waals surface area (Å²) >= 11 is 0. The summed E-state index contributed by atoms with van der Waals surface area (Å²) in [6, 6.07) is 21.2. The van der Waals surface area contributed by atoms with Crippen molar-refractivity contribution < 1.29 is 9.59 Å². The predicted octanol–water partition coefficient (Wildman–Crippen LogP) is 3.64. The highest BCUT2D eigenvalue weighted by Crippen LogP contribution is 2.22. The van der Waals surface area contributed by atoms with Crippen molar-refractivity contribution in [1.29, 1.82) is 0 Å². The molecule has 0 aliphatic carbocycles. The summed E-state index contributed by atoms with van der Waals surface area (Å²) < 4.78 is 0. The molecule has 2 amide bonds. The normalized spacial score (nSPS) is 10.3. The Labute approximate surface area is 152 Å². The second-order valence-electron chi connectivity index (χ2n) is 5.97. The zero-order valence-corrected chi connectivity index (χ0v) is 14.6. The quantitative estimate of drug-likeness (QED) is 0.596. The number of amides is 2. The van der Waals surface area contributed by atoms with Gasteiger partial charge in [-0.25, -0.2) is 0 Å². The molecule has 132 valence electrons. The first-order valence-electron chi connectivity index (χ1n) is 8.51. The van der Waals surface area contributed by atoms with Gasteiger partial charge in [-0.1, -0.05) is 42.5 Å². The third-order valence-electron chi connectivity index (χ3n) is 3.96. The summed E-state index contributed by atoms with van der Waals surface area (Å²) in [7, 11) is 0. The van der Waals surface area contributed by atoms with Crippen molar-refractivity contribution in [2.24, 2.45) is 0 Å². The van der Waals surface area contributed by atoms with Crippen LogP contribution in [0.25, 0.3) is 10.8 Å². The second-order valence-corrected chi connectivity index (χ2v) is 5.97. The number of rotatable bonds is 6. The van der Waals surface area contributed by atoms with Gasteiger partial charge in [0.2, 0.25) is 5.91 Å². The molecule has 3 rings (SSSR count). The molecule has 5 nitrogen and oxygen atoms in total. The number of nitrogens with one attached hydrogen (secondary N) is 3. The molecule has 26 heavy (non-hydrogen) atoms. The molecule has 0 spiro atoms. The van der Waals surface area contributed by atoms with E-state index in [2.05, 4.69) is 34.1 Å². The first kappa shape index (κ1) is 17.5. The van der Waals surface area contributed by atoms with Crippen LogP contribution in [0.4, 0.5) is 11.4 Å². The first-order chi connectivity index (χ1) is 12.6. The summed E-state index contributed by atoms with van der Waals surface area (Å²) in [4.78, 5) is 23.4. The number of hydrogen-bond acceptors (Lipinski definition) is 3. The third kappa shape index (κ3) is 4.39. The molecule has 3 N–H and O–H groups in total. The number of carbonyl (C=O) groups is 2. The van der Waals surface area contributed by atoms with Crippen molar-refractivity contribution in [2.75, 3.05) is 23.7 Å². The molecule has 3 aromatic carbocycles. The molecule has 3 aromatic rings. The Morgan fingerprint density at radius 2 is 1.65 bits per heavy atom. The Morgan fingerprint density at radius 1 is 0.885 bits per heavy atom. The fourth-order valence-corrected chi connectivity index (χ4v) is 2.80. The molecule has 5 heteroatoms. The van der Waals surface area contributed by atoms with Gasteiger partial charge in [0.1, 0.15) is 0 Å². The Kier molecular flexibility index (Phi) is 5.49. The Hall–Kier alpha value is -3.34. The van der Waals surface area contributed by atoms with E-state index in [0.717, 1.165) is 11.1 Å². The predicted molar refractivity (Wildman–Crippen MR) is 106 cm³/mol. The molecule has 0 radical (unpaired) electrons. The van der Waals surface area contributed by atoms with Crippen LogP contribution >= 0.6 is 0 Å². The topological polar surface area (TPSA) is 70.2 Å². The molecule has 0 aliphatic rings. The lowest BCUT2D eigenvalue weighted by Gasteiger charge is -2.11. The van der Waals surface area contributed by atoms with E-state index in [9.17, 15) is 9.59 Å². The van der Waals surface area contributed by atoms with Crippen LogP contribution in [-0.2, 0) is 4.79 Å². The van der Waals surface area contributed by atoms with Crippen molar-refractivity contribution in [3.63, 3.8) is 0 Å². The van der Waals surface area contributed by atoms with Crippen molar-refractivity contribution in [1.82, 2.24) is 5.32 Å². The molecule has 0 atom stereocenters. The summed E-state index contributed by atoms with van der Waals surface area (Å²) in [5.41, 5.74) is 2.17. The Balaban J connectivity index is 1.55. The Bertz CT molecular complexity index is 932. The Morgan fingerprint density at radius 3 is 2.50 bits per heavy atom. The summed E-state index contributed by atoms with van der Waals surface area (Å²) in [6.07, 6.45) is 0. The van der Waals surface area contributed by atoms with Crippen LogP contribution in [0.5, 0.6) is 0 Å². The maximum Gasteiger partial charge on any atom is 0.251 e. The smallest absolute Gasteiger partial charge is 0.251 e. The lowest BCUT2D eigenvalue weighted by atomic mass is 10.1. The lowest BCUT2D eigenvalue weighted by Crippen LogP contribution is -2.28. The van der Waals surface area contributed by atoms with Gasteiger partial charge in [0.25, 0.3) is 5.91 Å². The van der Waals surface area contributed by atoms with Crippen molar-refractivity contribution in [2.45, 2.75) is 6.92 Å². The molecule has 0 saturated heterocycles. The molecule has 0 heterocycles. The van der Waals surface area contributed by atoms with Gasteiger partial charge >= 0.3 is 0 Å². The van der Waals surface area contributed by atoms with E-state index < -0.39 is 0 Å². The minimum atomic E-state index is -0.170. The lowest BCUT2D eigenvalue weighted by molar-refractivity contribution is -0.114. The van der Waals surface area contributed by atoms with E-state index in [0.29, 0.717) is 24.3 Å². The number of fused-ring (bicyclic) bond motifs is 1. The zero-order chi connectivity index (χ0) is 18.4. The van der Waals surface area contributed by atoms with Crippen LogP contribution in [-0.4, -0.2) is 24.9 Å². The molecule has 0 unspecified atom stereocenters. The average Bonchev–Trinajstić information content (AvgIpc) is 2.65.